The first-order chi connectivity index (χ1) is 55.6. The molecule has 0 fully saturated rings. The van der Waals surface area contributed by atoms with Crippen molar-refractivity contribution < 1.29 is 24.7 Å². The van der Waals surface area contributed by atoms with Crippen LogP contribution in [0.1, 0.15) is 172 Å². The maximum atomic E-state index is 4.54. The summed E-state index contributed by atoms with van der Waals surface area (Å²) in [4.78, 5) is 9.08. The topological polar surface area (TPSA) is 29.7 Å². The summed E-state index contributed by atoms with van der Waals surface area (Å²) < 4.78 is 2.14. The van der Waals surface area contributed by atoms with Gasteiger partial charge in [0.05, 0.1) is 0 Å². The number of pyridine rings is 3. The fourth-order valence-electron chi connectivity index (χ4n) is 14.6. The Morgan fingerprint density at radius 1 is 0.220 bits per heavy atom. The minimum Gasteiger partial charge on any atom is -0.305 e. The van der Waals surface area contributed by atoms with E-state index < -0.39 is 0 Å². The predicted octanol–water partition coefficient (Wildman–Crippen LogP) is 30.9. The van der Waals surface area contributed by atoms with Crippen molar-refractivity contribution >= 4 is 0 Å². The largest absolute Gasteiger partial charge is 3.00 e. The Morgan fingerprint density at radius 2 is 0.432 bits per heavy atom. The number of rotatable bonds is 12. The molecular formula is C114H117IrN3+. The Kier molecular flexibility index (Phi) is 27.6. The van der Waals surface area contributed by atoms with Gasteiger partial charge in [0.25, 0.3) is 0 Å². The van der Waals surface area contributed by atoms with Crippen LogP contribution >= 0.6 is 0 Å². The van der Waals surface area contributed by atoms with E-state index in [9.17, 15) is 0 Å². The molecule has 4 heteroatoms. The molecule has 596 valence electrons. The van der Waals surface area contributed by atoms with Gasteiger partial charge in [0.2, 0.25) is 0 Å². The molecule has 0 aliphatic rings. The standard InChI is InChI=1S/C38H39N.2C37H36N.C2H6.Ir/c1-37(2,3)34-18-14-27(15-19-34)31-24-32(28-16-20-35(21-17-28)38(4,5)6)26-33(25-31)29-11-10-12-30(23-29)36-13-8-9-22-39(36)7;2*1-36(2,3)33-17-13-26(14-18-33)30-23-31(27-15-19-34(20-16-27)37(4,5)6)25-32(24-30)28-10-9-11-29(22-28)35-12-7-8-21-38-35;1-2;/h8-11,13-26H,1-7H3;2*7-10,12-25H,1-6H3;1-2H3;/q;2*-1;;+3. The molecule has 0 aliphatic carbocycles. The Morgan fingerprint density at radius 3 is 0.644 bits per heavy atom. The van der Waals surface area contributed by atoms with Crippen molar-refractivity contribution in [2.75, 3.05) is 0 Å². The van der Waals surface area contributed by atoms with Gasteiger partial charge in [-0.05, 0) is 234 Å². The molecular weight excluding hydrogens is 1600 g/mol. The molecule has 12 aromatic carbocycles. The van der Waals surface area contributed by atoms with Crippen LogP contribution in [0.4, 0.5) is 0 Å². The van der Waals surface area contributed by atoms with E-state index in [-0.39, 0.29) is 52.6 Å². The molecule has 3 heterocycles. The molecule has 3 aromatic heterocycles. The summed E-state index contributed by atoms with van der Waals surface area (Å²) in [5, 5.41) is 0. The van der Waals surface area contributed by atoms with Gasteiger partial charge in [0, 0.05) is 18.5 Å². The van der Waals surface area contributed by atoms with Gasteiger partial charge in [-0.3, -0.25) is 0 Å². The van der Waals surface area contributed by atoms with Crippen LogP contribution in [0.5, 0.6) is 0 Å². The Hall–Kier alpha value is -11.3. The predicted molar refractivity (Wildman–Crippen MR) is 501 cm³/mol. The maximum Gasteiger partial charge on any atom is 3.00 e. The van der Waals surface area contributed by atoms with Gasteiger partial charge in [-0.15, -0.1) is 101 Å². The number of hydrogen-bond donors (Lipinski definition) is 0. The number of nitrogens with zero attached hydrogens (tertiary/aromatic N) is 3. The number of aryl methyl sites for hydroxylation is 1. The average molecular weight is 1720 g/mol. The third kappa shape index (κ3) is 22.1. The maximum absolute atomic E-state index is 4.54. The Balaban J connectivity index is 0.000000171. The van der Waals surface area contributed by atoms with Crippen LogP contribution in [-0.2, 0) is 59.6 Å². The summed E-state index contributed by atoms with van der Waals surface area (Å²) >= 11 is 0. The van der Waals surface area contributed by atoms with Crippen LogP contribution in [0.25, 0.3) is 134 Å². The van der Waals surface area contributed by atoms with E-state index in [0.717, 1.165) is 44.9 Å². The van der Waals surface area contributed by atoms with Crippen molar-refractivity contribution in [1.82, 2.24) is 9.97 Å². The molecule has 0 bridgehead atoms. The zero-order valence-electron chi connectivity index (χ0n) is 73.4. The van der Waals surface area contributed by atoms with Crippen molar-refractivity contribution in [1.29, 1.82) is 0 Å². The summed E-state index contributed by atoms with van der Waals surface area (Å²) in [7, 11) is 2.08. The number of hydrogen-bond acceptors (Lipinski definition) is 2. The van der Waals surface area contributed by atoms with Crippen LogP contribution in [0, 0.1) is 18.2 Å². The minimum atomic E-state index is 0. The van der Waals surface area contributed by atoms with Gasteiger partial charge >= 0.3 is 20.1 Å². The zero-order chi connectivity index (χ0) is 83.6. The van der Waals surface area contributed by atoms with Crippen molar-refractivity contribution in [3.05, 3.63) is 380 Å². The van der Waals surface area contributed by atoms with Crippen LogP contribution < -0.4 is 4.57 Å². The van der Waals surface area contributed by atoms with Crippen LogP contribution in [0.2, 0.25) is 0 Å². The first kappa shape index (κ1) is 87.6. The van der Waals surface area contributed by atoms with Gasteiger partial charge < -0.3 is 9.97 Å². The first-order valence-corrected chi connectivity index (χ1v) is 41.6. The van der Waals surface area contributed by atoms with E-state index in [0.29, 0.717) is 0 Å². The van der Waals surface area contributed by atoms with Gasteiger partial charge in [0.1, 0.15) is 12.7 Å². The van der Waals surface area contributed by atoms with Gasteiger partial charge in [-0.1, -0.05) is 320 Å². The van der Waals surface area contributed by atoms with Gasteiger partial charge in [0.15, 0.2) is 6.20 Å². The first-order valence-electron chi connectivity index (χ1n) is 41.6. The number of benzene rings is 12. The molecule has 118 heavy (non-hydrogen) atoms. The molecule has 0 N–H and O–H groups in total. The van der Waals surface area contributed by atoms with Crippen molar-refractivity contribution in [3.8, 4) is 134 Å². The van der Waals surface area contributed by atoms with Crippen LogP contribution in [0.3, 0.4) is 0 Å². The van der Waals surface area contributed by atoms with E-state index in [1.807, 2.05) is 80.8 Å². The second kappa shape index (κ2) is 37.1. The molecule has 3 nitrogen and oxygen atoms in total. The molecule has 0 amide bonds. The van der Waals surface area contributed by atoms with E-state index in [2.05, 4.69) is 425 Å². The second-order valence-corrected chi connectivity index (χ2v) is 37.0. The smallest absolute Gasteiger partial charge is 0.305 e. The van der Waals surface area contributed by atoms with Gasteiger partial charge in [-0.25, -0.2) is 4.57 Å². The average Bonchev–Trinajstić information content (AvgIpc) is 0.794. The fraction of sp³-hybridized carbons (Fsp3) is 0.237. The second-order valence-electron chi connectivity index (χ2n) is 37.0. The molecule has 0 spiro atoms. The van der Waals surface area contributed by atoms with E-state index in [4.69, 9.17) is 0 Å². The van der Waals surface area contributed by atoms with Crippen LogP contribution in [0.15, 0.2) is 328 Å². The number of aromatic nitrogens is 3. The molecule has 15 rings (SSSR count). The zero-order valence-corrected chi connectivity index (χ0v) is 75.7. The van der Waals surface area contributed by atoms with E-state index in [1.165, 1.54) is 122 Å². The molecule has 0 radical (unpaired) electrons. The van der Waals surface area contributed by atoms with Crippen molar-refractivity contribution in [2.45, 2.75) is 171 Å². The van der Waals surface area contributed by atoms with Crippen molar-refractivity contribution in [2.24, 2.45) is 7.05 Å². The Bertz CT molecular complexity index is 5350. The summed E-state index contributed by atoms with van der Waals surface area (Å²) in [5.41, 5.74) is 36.7. The molecule has 15 aromatic rings. The SMILES string of the molecule is CC.CC(C)(C)c1ccc(-c2cc(-c3ccc(C(C)(C)C)cc3)cc(-c3cc[c-]c(-c4ccccn4)c3)c2)cc1.CC(C)(C)c1ccc(-c2cc(-c3ccc(C(C)(C)C)cc3)cc(-c3cc[c-]c(-c4ccccn4)c3)c2)cc1.C[n+]1ccccc1-c1[c-]ccc(-c2cc(-c3ccc(C(C)(C)C)cc3)cc(-c3ccc(C(C)(C)C)cc3)c2)c1.[Ir+3]. The summed E-state index contributed by atoms with van der Waals surface area (Å²) in [5.74, 6) is 0. The third-order valence-electron chi connectivity index (χ3n) is 21.9. The molecule has 0 unspecified atom stereocenters. The molecule has 0 aliphatic heterocycles. The fourth-order valence-corrected chi connectivity index (χ4v) is 14.6. The Labute approximate surface area is 720 Å². The summed E-state index contributed by atoms with van der Waals surface area (Å²) in [6.07, 6.45) is 5.74. The van der Waals surface area contributed by atoms with Gasteiger partial charge in [-0.2, -0.15) is 0 Å². The normalized spacial score (nSPS) is 11.7. The summed E-state index contributed by atoms with van der Waals surface area (Å²) in [6.45, 7) is 44.7. The molecule has 0 saturated heterocycles. The van der Waals surface area contributed by atoms with Crippen molar-refractivity contribution in [3.63, 3.8) is 0 Å². The minimum absolute atomic E-state index is 0. The molecule has 0 atom stereocenters. The van der Waals surface area contributed by atoms with Crippen LogP contribution in [-0.4, -0.2) is 9.97 Å². The quantitative estimate of drug-likeness (QED) is 0.0901. The molecule has 0 saturated carbocycles. The van der Waals surface area contributed by atoms with E-state index >= 15 is 0 Å². The summed E-state index contributed by atoms with van der Waals surface area (Å²) in [6, 6.07) is 123. The van der Waals surface area contributed by atoms with E-state index in [1.54, 1.807) is 0 Å². The third-order valence-corrected chi connectivity index (χ3v) is 21.9. The monoisotopic (exact) mass is 1720 g/mol.